The van der Waals surface area contributed by atoms with Gasteiger partial charge < -0.3 is 10.1 Å². The molecule has 3 aromatic carbocycles. The zero-order valence-electron chi connectivity index (χ0n) is 21.1. The number of aromatic nitrogens is 1. The monoisotopic (exact) mass is 575 g/mol. The largest absolute Gasteiger partial charge is 0.497 e. The summed E-state index contributed by atoms with van der Waals surface area (Å²) in [6.07, 6.45) is 0. The van der Waals surface area contributed by atoms with E-state index in [0.717, 1.165) is 23.1 Å². The van der Waals surface area contributed by atoms with Gasteiger partial charge in [-0.3, -0.25) is 23.7 Å². The molecule has 2 aliphatic heterocycles. The normalized spacial score (nSPS) is 19.8. The molecule has 202 valence electrons. The third kappa shape index (κ3) is 4.50. The van der Waals surface area contributed by atoms with Crippen LogP contribution in [0.4, 0.5) is 15.8 Å². The topological polar surface area (TPSA) is 97.7 Å². The van der Waals surface area contributed by atoms with Crippen molar-refractivity contribution >= 4 is 52.2 Å². The summed E-state index contributed by atoms with van der Waals surface area (Å²) < 4.78 is 20.4. The predicted molar refractivity (Wildman–Crippen MR) is 151 cm³/mol. The summed E-state index contributed by atoms with van der Waals surface area (Å²) in [5.41, 5.74) is 1.61. The van der Waals surface area contributed by atoms with E-state index in [0.29, 0.717) is 32.6 Å². The quantitative estimate of drug-likeness (QED) is 0.340. The molecule has 0 bridgehead atoms. The number of hydrogen-bond donors (Lipinski definition) is 1. The number of para-hydroxylation sites is 1. The lowest BCUT2D eigenvalue weighted by Crippen LogP contribution is -2.33. The van der Waals surface area contributed by atoms with Gasteiger partial charge in [0.1, 0.15) is 23.4 Å². The maximum atomic E-state index is 13.9. The zero-order valence-corrected chi connectivity index (χ0v) is 22.7. The lowest BCUT2D eigenvalue weighted by Gasteiger charge is -2.30. The standard InChI is InChI=1S/C29H22FN3O5S2/c1-38-20-13-11-19(12-14-20)33-26(35)23-22(16-7-9-17(30)10-8-16)25-28(39-24(23)27(33)36)32(29(37)40-25)15-21(34)31-18-5-3-2-4-6-18/h2-14,22-24H,15H2,1H3,(H,31,34). The second-order valence-electron chi connectivity index (χ2n) is 9.34. The minimum absolute atomic E-state index is 0.260. The van der Waals surface area contributed by atoms with E-state index in [2.05, 4.69) is 5.32 Å². The molecule has 3 amide bonds. The smallest absolute Gasteiger partial charge is 0.308 e. The average Bonchev–Trinajstić information content (AvgIpc) is 3.40. The van der Waals surface area contributed by atoms with E-state index in [-0.39, 0.29) is 11.4 Å². The van der Waals surface area contributed by atoms with Crippen molar-refractivity contribution < 1.29 is 23.5 Å². The maximum absolute atomic E-state index is 13.9. The third-order valence-corrected chi connectivity index (χ3v) is 9.57. The second kappa shape index (κ2) is 10.4. The molecule has 6 rings (SSSR count). The van der Waals surface area contributed by atoms with Crippen molar-refractivity contribution in [3.63, 3.8) is 0 Å². The summed E-state index contributed by atoms with van der Waals surface area (Å²) in [6, 6.07) is 21.2. The van der Waals surface area contributed by atoms with Crippen LogP contribution < -0.4 is 19.8 Å². The third-order valence-electron chi connectivity index (χ3n) is 6.97. The van der Waals surface area contributed by atoms with Gasteiger partial charge in [-0.15, -0.1) is 0 Å². The molecule has 0 radical (unpaired) electrons. The first kappa shape index (κ1) is 26.0. The predicted octanol–water partition coefficient (Wildman–Crippen LogP) is 4.49. The number of nitrogens with one attached hydrogen (secondary N) is 1. The lowest BCUT2D eigenvalue weighted by molar-refractivity contribution is -0.122. The number of methoxy groups -OCH3 is 1. The van der Waals surface area contributed by atoms with Crippen molar-refractivity contribution in [1.29, 1.82) is 0 Å². The molecule has 3 heterocycles. The molecule has 0 spiro atoms. The minimum Gasteiger partial charge on any atom is -0.497 e. The Labute approximate surface area is 236 Å². The molecule has 3 unspecified atom stereocenters. The van der Waals surface area contributed by atoms with Gasteiger partial charge in [0.25, 0.3) is 0 Å². The molecule has 2 aliphatic rings. The van der Waals surface area contributed by atoms with Gasteiger partial charge in [-0.05, 0) is 54.1 Å². The molecule has 8 nitrogen and oxygen atoms in total. The van der Waals surface area contributed by atoms with Crippen LogP contribution in [-0.2, 0) is 20.9 Å². The molecule has 1 aromatic heterocycles. The number of carbonyl (C=O) groups excluding carboxylic acids is 3. The van der Waals surface area contributed by atoms with Crippen LogP contribution in [0.3, 0.4) is 0 Å². The number of thiazole rings is 1. The van der Waals surface area contributed by atoms with Crippen LogP contribution >= 0.6 is 23.1 Å². The molecule has 0 saturated carbocycles. The Bertz CT molecular complexity index is 1670. The molecule has 1 fully saturated rings. The van der Waals surface area contributed by atoms with Gasteiger partial charge in [-0.25, -0.2) is 9.29 Å². The van der Waals surface area contributed by atoms with Crippen LogP contribution in [-0.4, -0.2) is 34.6 Å². The number of hydrogen-bond acceptors (Lipinski definition) is 7. The van der Waals surface area contributed by atoms with Crippen LogP contribution in [0.15, 0.2) is 88.7 Å². The van der Waals surface area contributed by atoms with Crippen LogP contribution in [0.1, 0.15) is 16.4 Å². The molecule has 4 aromatic rings. The number of anilines is 2. The molecule has 3 atom stereocenters. The number of carbonyl (C=O) groups is 3. The summed E-state index contributed by atoms with van der Waals surface area (Å²) in [5.74, 6) is -2.56. The highest BCUT2D eigenvalue weighted by Gasteiger charge is 2.56. The number of fused-ring (bicyclic) bond motifs is 2. The number of imide groups is 1. The van der Waals surface area contributed by atoms with Crippen molar-refractivity contribution in [3.05, 3.63) is 105 Å². The highest BCUT2D eigenvalue weighted by molar-refractivity contribution is 8.00. The van der Waals surface area contributed by atoms with Gasteiger partial charge in [0.15, 0.2) is 0 Å². The van der Waals surface area contributed by atoms with Crippen LogP contribution in [0, 0.1) is 11.7 Å². The van der Waals surface area contributed by atoms with Gasteiger partial charge in [0.2, 0.25) is 17.7 Å². The van der Waals surface area contributed by atoms with E-state index in [4.69, 9.17) is 4.74 Å². The summed E-state index contributed by atoms with van der Waals surface area (Å²) in [7, 11) is 1.53. The molecular weight excluding hydrogens is 553 g/mol. The van der Waals surface area contributed by atoms with E-state index in [1.54, 1.807) is 60.7 Å². The van der Waals surface area contributed by atoms with E-state index in [1.807, 2.05) is 6.07 Å². The maximum Gasteiger partial charge on any atom is 0.308 e. The Morgan fingerprint density at radius 2 is 1.65 bits per heavy atom. The number of halogens is 1. The Hall–Kier alpha value is -4.22. The summed E-state index contributed by atoms with van der Waals surface area (Å²) >= 11 is 2.07. The van der Waals surface area contributed by atoms with Crippen molar-refractivity contribution in [3.8, 4) is 5.75 Å². The van der Waals surface area contributed by atoms with E-state index < -0.39 is 40.6 Å². The minimum atomic E-state index is -0.838. The van der Waals surface area contributed by atoms with Crippen LogP contribution in [0.5, 0.6) is 5.75 Å². The Morgan fingerprint density at radius 3 is 2.33 bits per heavy atom. The summed E-state index contributed by atoms with van der Waals surface area (Å²) in [6.45, 7) is -0.260. The molecule has 11 heteroatoms. The van der Waals surface area contributed by atoms with Gasteiger partial charge in [-0.1, -0.05) is 53.4 Å². The van der Waals surface area contributed by atoms with E-state index in [9.17, 15) is 23.6 Å². The van der Waals surface area contributed by atoms with Gasteiger partial charge in [0.05, 0.1) is 23.7 Å². The molecule has 0 aliphatic carbocycles. The highest BCUT2D eigenvalue weighted by atomic mass is 32.2. The van der Waals surface area contributed by atoms with Gasteiger partial charge in [0, 0.05) is 16.5 Å². The zero-order chi connectivity index (χ0) is 28.0. The number of amides is 3. The first-order chi connectivity index (χ1) is 19.4. The average molecular weight is 576 g/mol. The van der Waals surface area contributed by atoms with Crippen molar-refractivity contribution in [2.45, 2.75) is 22.7 Å². The summed E-state index contributed by atoms with van der Waals surface area (Å²) in [4.78, 5) is 55.1. The number of nitrogens with zero attached hydrogens (tertiary/aromatic N) is 2. The molecule has 1 N–H and O–H groups in total. The van der Waals surface area contributed by atoms with Gasteiger partial charge >= 0.3 is 4.87 Å². The fourth-order valence-corrected chi connectivity index (χ4v) is 7.91. The van der Waals surface area contributed by atoms with Crippen LogP contribution in [0.25, 0.3) is 0 Å². The van der Waals surface area contributed by atoms with E-state index in [1.165, 1.54) is 28.7 Å². The first-order valence-corrected chi connectivity index (χ1v) is 14.1. The lowest BCUT2D eigenvalue weighted by atomic mass is 9.83. The number of benzene rings is 3. The second-order valence-corrected chi connectivity index (χ2v) is 11.5. The number of thioether (sulfide) groups is 1. The molecule has 40 heavy (non-hydrogen) atoms. The van der Waals surface area contributed by atoms with Crippen molar-refractivity contribution in [1.82, 2.24) is 4.57 Å². The summed E-state index contributed by atoms with van der Waals surface area (Å²) in [5, 5.41) is 2.40. The van der Waals surface area contributed by atoms with E-state index >= 15 is 0 Å². The Kier molecular flexibility index (Phi) is 6.77. The molecular formula is C29H22FN3O5S2. The number of rotatable bonds is 6. The van der Waals surface area contributed by atoms with Crippen molar-refractivity contribution in [2.75, 3.05) is 17.3 Å². The Balaban J connectivity index is 1.41. The fourth-order valence-electron chi connectivity index (χ4n) is 5.14. The highest BCUT2D eigenvalue weighted by Crippen LogP contribution is 2.53. The molecule has 1 saturated heterocycles. The Morgan fingerprint density at radius 1 is 0.950 bits per heavy atom. The van der Waals surface area contributed by atoms with Crippen molar-refractivity contribution in [2.24, 2.45) is 5.92 Å². The van der Waals surface area contributed by atoms with Gasteiger partial charge in [-0.2, -0.15) is 0 Å². The fraction of sp³-hybridized carbons (Fsp3) is 0.172. The first-order valence-electron chi connectivity index (χ1n) is 12.4. The van der Waals surface area contributed by atoms with Crippen LogP contribution in [0.2, 0.25) is 0 Å². The number of ether oxygens (including phenoxy) is 1. The SMILES string of the molecule is COc1ccc(N2C(=O)C3Sc4c(sc(=O)n4CC(=O)Nc4ccccc4)C(c4ccc(F)cc4)C3C2=O)cc1.